The summed E-state index contributed by atoms with van der Waals surface area (Å²) < 4.78 is 32.4. The van der Waals surface area contributed by atoms with E-state index in [0.717, 1.165) is 23.8 Å². The number of ether oxygens (including phenoxy) is 1. The van der Waals surface area contributed by atoms with E-state index < -0.39 is 10.0 Å². The second-order valence-electron chi connectivity index (χ2n) is 5.62. The first kappa shape index (κ1) is 17.2. The van der Waals surface area contributed by atoms with Crippen molar-refractivity contribution in [2.45, 2.75) is 24.7 Å². The first-order valence-electron chi connectivity index (χ1n) is 8.18. The molecule has 0 amide bonds. The Labute approximate surface area is 147 Å². The highest BCUT2D eigenvalue weighted by Gasteiger charge is 2.19. The van der Waals surface area contributed by atoms with Crippen LogP contribution in [0.4, 0.5) is 0 Å². The summed E-state index contributed by atoms with van der Waals surface area (Å²) in [6.07, 6.45) is 10.3. The van der Waals surface area contributed by atoms with E-state index in [-0.39, 0.29) is 4.90 Å². The molecule has 0 saturated carbocycles. The van der Waals surface area contributed by atoms with Gasteiger partial charge >= 0.3 is 0 Å². The van der Waals surface area contributed by atoms with Crippen LogP contribution in [0.2, 0.25) is 0 Å². The molecule has 0 saturated heterocycles. The topological polar surface area (TPSA) is 61.2 Å². The third kappa shape index (κ3) is 3.58. The summed E-state index contributed by atoms with van der Waals surface area (Å²) in [5, 5.41) is 0.810. The Hall–Kier alpha value is -2.60. The Morgan fingerprint density at radius 1 is 1.16 bits per heavy atom. The molecule has 0 bridgehead atoms. The Bertz CT molecular complexity index is 976. The highest BCUT2D eigenvalue weighted by molar-refractivity contribution is 7.90. The quantitative estimate of drug-likeness (QED) is 0.473. The summed E-state index contributed by atoms with van der Waals surface area (Å²) in [5.74, 6) is 0. The first-order valence-corrected chi connectivity index (χ1v) is 9.62. The molecule has 0 spiro atoms. The highest BCUT2D eigenvalue weighted by atomic mass is 32.2. The van der Waals surface area contributed by atoms with E-state index in [1.807, 2.05) is 6.08 Å². The molecule has 0 unspecified atom stereocenters. The van der Waals surface area contributed by atoms with E-state index in [1.54, 1.807) is 61.3 Å². The summed E-state index contributed by atoms with van der Waals surface area (Å²) in [4.78, 5) is 4.42. The Morgan fingerprint density at radius 2 is 1.96 bits per heavy atom. The predicted octanol–water partition coefficient (Wildman–Crippen LogP) is 4.06. The fraction of sp³-hybridized carbons (Fsp3) is 0.211. The number of aromatic nitrogens is 2. The highest BCUT2D eigenvalue weighted by Crippen LogP contribution is 2.24. The van der Waals surface area contributed by atoms with Crippen LogP contribution in [0.15, 0.2) is 66.1 Å². The number of benzene rings is 1. The van der Waals surface area contributed by atoms with Gasteiger partial charge in [-0.3, -0.25) is 4.98 Å². The number of hydrogen-bond donors (Lipinski definition) is 0. The normalized spacial score (nSPS) is 12.0. The number of nitrogens with zero attached hydrogens (tertiary/aromatic N) is 2. The Kier molecular flexibility index (Phi) is 5.19. The van der Waals surface area contributed by atoms with Gasteiger partial charge in [0.05, 0.1) is 29.5 Å². The van der Waals surface area contributed by atoms with Crippen LogP contribution in [0, 0.1) is 0 Å². The average Bonchev–Trinajstić information content (AvgIpc) is 3.08. The summed E-state index contributed by atoms with van der Waals surface area (Å²) in [5.41, 5.74) is 1.36. The van der Waals surface area contributed by atoms with Gasteiger partial charge in [-0.15, -0.1) is 0 Å². The van der Waals surface area contributed by atoms with Crippen molar-refractivity contribution in [3.63, 3.8) is 0 Å². The fourth-order valence-electron chi connectivity index (χ4n) is 2.52. The maximum atomic E-state index is 12.8. The van der Waals surface area contributed by atoms with Crippen molar-refractivity contribution >= 4 is 27.0 Å². The van der Waals surface area contributed by atoms with Crippen molar-refractivity contribution in [3.05, 3.63) is 66.8 Å². The molecule has 0 fully saturated rings. The lowest BCUT2D eigenvalue weighted by Crippen LogP contribution is -2.11. The second kappa shape index (κ2) is 7.53. The second-order valence-corrected chi connectivity index (χ2v) is 7.43. The molecule has 0 radical (unpaired) electrons. The molecule has 2 heterocycles. The molecule has 3 aromatic rings. The standard InChI is InChI=1S/C19H20N2O3S/c1-2-3-12-24-13-10-16-14-20-15-19-18(16)9-11-21(19)25(22,23)17-7-5-4-6-8-17/h4-11,13-15H,2-3,12H2,1H3. The lowest BCUT2D eigenvalue weighted by Gasteiger charge is -2.07. The number of rotatable bonds is 7. The molecule has 5 nitrogen and oxygen atoms in total. The van der Waals surface area contributed by atoms with Gasteiger partial charge < -0.3 is 4.74 Å². The summed E-state index contributed by atoms with van der Waals surface area (Å²) >= 11 is 0. The van der Waals surface area contributed by atoms with Crippen molar-refractivity contribution in [3.8, 4) is 0 Å². The zero-order valence-electron chi connectivity index (χ0n) is 14.0. The van der Waals surface area contributed by atoms with E-state index in [9.17, 15) is 8.42 Å². The molecule has 25 heavy (non-hydrogen) atoms. The number of fused-ring (bicyclic) bond motifs is 1. The van der Waals surface area contributed by atoms with Crippen LogP contribution in [0.1, 0.15) is 25.3 Å². The molecule has 3 rings (SSSR count). The van der Waals surface area contributed by atoms with Crippen LogP contribution in [0.25, 0.3) is 17.0 Å². The molecule has 130 valence electrons. The largest absolute Gasteiger partial charge is 0.501 e. The first-order chi connectivity index (χ1) is 12.1. The van der Waals surface area contributed by atoms with Crippen molar-refractivity contribution in [1.82, 2.24) is 8.96 Å². The fourth-order valence-corrected chi connectivity index (χ4v) is 3.87. The van der Waals surface area contributed by atoms with Gasteiger partial charge in [0.1, 0.15) is 0 Å². The summed E-state index contributed by atoms with van der Waals surface area (Å²) in [7, 11) is -3.65. The third-order valence-electron chi connectivity index (χ3n) is 3.87. The van der Waals surface area contributed by atoms with Gasteiger partial charge in [0.15, 0.2) is 0 Å². The van der Waals surface area contributed by atoms with Crippen LogP contribution in [-0.4, -0.2) is 24.0 Å². The van der Waals surface area contributed by atoms with Gasteiger partial charge in [-0.05, 0) is 30.7 Å². The molecular weight excluding hydrogens is 336 g/mol. The van der Waals surface area contributed by atoms with Gasteiger partial charge in [-0.2, -0.15) is 0 Å². The van der Waals surface area contributed by atoms with Crippen LogP contribution < -0.4 is 0 Å². The monoisotopic (exact) mass is 356 g/mol. The maximum Gasteiger partial charge on any atom is 0.268 e. The minimum atomic E-state index is -3.65. The molecule has 1 aromatic carbocycles. The smallest absolute Gasteiger partial charge is 0.268 e. The molecular formula is C19H20N2O3S. The Balaban J connectivity index is 1.96. The maximum absolute atomic E-state index is 12.8. The number of unbranched alkanes of at least 4 members (excludes halogenated alkanes) is 1. The third-order valence-corrected chi connectivity index (χ3v) is 5.58. The zero-order chi connectivity index (χ0) is 17.7. The van der Waals surface area contributed by atoms with Crippen molar-refractivity contribution in [2.75, 3.05) is 6.61 Å². The van der Waals surface area contributed by atoms with Gasteiger partial charge in [-0.1, -0.05) is 31.5 Å². The number of pyridine rings is 1. The molecule has 6 heteroatoms. The molecule has 0 aliphatic carbocycles. The van der Waals surface area contributed by atoms with E-state index in [4.69, 9.17) is 4.74 Å². The lowest BCUT2D eigenvalue weighted by molar-refractivity contribution is 0.246. The van der Waals surface area contributed by atoms with Gasteiger partial charge in [-0.25, -0.2) is 12.4 Å². The SMILES string of the molecule is CCCCOC=Cc1cncc2c1ccn2S(=O)(=O)c1ccccc1. The molecule has 0 atom stereocenters. The molecule has 2 aromatic heterocycles. The van der Waals surface area contributed by atoms with E-state index in [0.29, 0.717) is 12.1 Å². The van der Waals surface area contributed by atoms with E-state index in [2.05, 4.69) is 11.9 Å². The van der Waals surface area contributed by atoms with Crippen molar-refractivity contribution < 1.29 is 13.2 Å². The number of hydrogen-bond acceptors (Lipinski definition) is 4. The Morgan fingerprint density at radius 3 is 2.72 bits per heavy atom. The predicted molar refractivity (Wildman–Crippen MR) is 98.7 cm³/mol. The minimum absolute atomic E-state index is 0.247. The van der Waals surface area contributed by atoms with Crippen LogP contribution in [0.3, 0.4) is 0 Å². The van der Waals surface area contributed by atoms with Gasteiger partial charge in [0.2, 0.25) is 0 Å². The zero-order valence-corrected chi connectivity index (χ0v) is 14.8. The van der Waals surface area contributed by atoms with Crippen LogP contribution in [0.5, 0.6) is 0 Å². The van der Waals surface area contributed by atoms with E-state index >= 15 is 0 Å². The van der Waals surface area contributed by atoms with Crippen LogP contribution >= 0.6 is 0 Å². The summed E-state index contributed by atoms with van der Waals surface area (Å²) in [6.45, 7) is 2.77. The average molecular weight is 356 g/mol. The van der Waals surface area contributed by atoms with E-state index in [1.165, 1.54) is 3.97 Å². The molecule has 0 N–H and O–H groups in total. The molecule has 0 aliphatic rings. The van der Waals surface area contributed by atoms with Crippen molar-refractivity contribution in [1.29, 1.82) is 0 Å². The summed E-state index contributed by atoms with van der Waals surface area (Å²) in [6, 6.07) is 10.1. The van der Waals surface area contributed by atoms with Gasteiger partial charge in [0, 0.05) is 23.3 Å². The van der Waals surface area contributed by atoms with Crippen molar-refractivity contribution in [2.24, 2.45) is 0 Å². The molecule has 0 aliphatic heterocycles. The lowest BCUT2D eigenvalue weighted by atomic mass is 10.2. The van der Waals surface area contributed by atoms with Gasteiger partial charge in [0.25, 0.3) is 10.0 Å². The minimum Gasteiger partial charge on any atom is -0.501 e. The van der Waals surface area contributed by atoms with Crippen LogP contribution in [-0.2, 0) is 14.8 Å².